The molecule has 148 valence electrons. The Balaban J connectivity index is 1.47. The van der Waals surface area contributed by atoms with E-state index in [4.69, 9.17) is 16.0 Å². The van der Waals surface area contributed by atoms with Crippen molar-refractivity contribution in [3.05, 3.63) is 58.6 Å². The number of halogens is 1. The minimum absolute atomic E-state index is 0.0911. The molecule has 29 heavy (non-hydrogen) atoms. The molecule has 0 aliphatic rings. The maximum absolute atomic E-state index is 12.4. The Hall–Kier alpha value is -2.77. The highest BCUT2D eigenvalue weighted by atomic mass is 35.5. The largest absolute Gasteiger partial charge is 0.453 e. The topological polar surface area (TPSA) is 73.0 Å². The Bertz CT molecular complexity index is 1210. The number of fused-ring (bicyclic) bond motifs is 1. The molecule has 0 saturated heterocycles. The fraction of sp³-hybridized carbons (Fsp3) is 0.190. The zero-order valence-corrected chi connectivity index (χ0v) is 17.8. The summed E-state index contributed by atoms with van der Waals surface area (Å²) in [5, 5.41) is 13.6. The van der Waals surface area contributed by atoms with Gasteiger partial charge in [0.15, 0.2) is 16.7 Å². The molecule has 0 aliphatic carbocycles. The molecule has 2 aromatic carbocycles. The van der Waals surface area contributed by atoms with Gasteiger partial charge in [0, 0.05) is 23.1 Å². The second-order valence-corrected chi connectivity index (χ2v) is 8.19. The molecule has 8 heteroatoms. The van der Waals surface area contributed by atoms with Crippen molar-refractivity contribution in [3.8, 4) is 11.6 Å². The van der Waals surface area contributed by atoms with Crippen molar-refractivity contribution in [1.82, 2.24) is 14.8 Å². The first-order valence-corrected chi connectivity index (χ1v) is 10.4. The maximum atomic E-state index is 12.4. The third-order valence-electron chi connectivity index (χ3n) is 4.53. The number of nitrogens with zero attached hydrogens (tertiary/aromatic N) is 3. The Morgan fingerprint density at radius 3 is 2.83 bits per heavy atom. The van der Waals surface area contributed by atoms with Crippen LogP contribution in [0, 0.1) is 13.8 Å². The van der Waals surface area contributed by atoms with Crippen LogP contribution in [0.2, 0.25) is 5.02 Å². The Morgan fingerprint density at radius 2 is 2.00 bits per heavy atom. The third-order valence-corrected chi connectivity index (χ3v) is 5.79. The summed E-state index contributed by atoms with van der Waals surface area (Å²) in [6.45, 7) is 3.97. The summed E-state index contributed by atoms with van der Waals surface area (Å²) >= 11 is 7.36. The van der Waals surface area contributed by atoms with Gasteiger partial charge in [0.25, 0.3) is 0 Å². The number of furan rings is 1. The summed E-state index contributed by atoms with van der Waals surface area (Å²) in [4.78, 5) is 12.4. The zero-order valence-electron chi connectivity index (χ0n) is 16.2. The van der Waals surface area contributed by atoms with E-state index in [1.807, 2.05) is 61.9 Å². The van der Waals surface area contributed by atoms with Crippen molar-refractivity contribution >= 4 is 45.9 Å². The van der Waals surface area contributed by atoms with Gasteiger partial charge in [-0.2, -0.15) is 0 Å². The number of amides is 1. The maximum Gasteiger partial charge on any atom is 0.234 e. The van der Waals surface area contributed by atoms with Crippen LogP contribution in [0.15, 0.2) is 52.0 Å². The molecule has 0 spiro atoms. The van der Waals surface area contributed by atoms with Crippen LogP contribution in [0.1, 0.15) is 11.1 Å². The fourth-order valence-electron chi connectivity index (χ4n) is 2.97. The fourth-order valence-corrected chi connectivity index (χ4v) is 3.86. The van der Waals surface area contributed by atoms with Crippen molar-refractivity contribution in [2.75, 3.05) is 11.1 Å². The summed E-state index contributed by atoms with van der Waals surface area (Å²) in [5.41, 5.74) is 3.69. The molecule has 0 radical (unpaired) electrons. The van der Waals surface area contributed by atoms with Gasteiger partial charge in [-0.15, -0.1) is 10.2 Å². The summed E-state index contributed by atoms with van der Waals surface area (Å²) < 4.78 is 7.68. The number of benzene rings is 2. The lowest BCUT2D eigenvalue weighted by molar-refractivity contribution is -0.113. The first-order valence-electron chi connectivity index (χ1n) is 8.99. The van der Waals surface area contributed by atoms with Crippen LogP contribution in [0.3, 0.4) is 0 Å². The predicted molar refractivity (Wildman–Crippen MR) is 116 cm³/mol. The number of carbonyl (C=O) groups excluding carboxylic acids is 1. The van der Waals surface area contributed by atoms with E-state index in [-0.39, 0.29) is 11.7 Å². The number of rotatable bonds is 5. The monoisotopic (exact) mass is 426 g/mol. The quantitative estimate of drug-likeness (QED) is 0.442. The average Bonchev–Trinajstić information content (AvgIpc) is 3.25. The van der Waals surface area contributed by atoms with Gasteiger partial charge in [0.2, 0.25) is 5.91 Å². The summed E-state index contributed by atoms with van der Waals surface area (Å²) in [6, 6.07) is 13.3. The Kier molecular flexibility index (Phi) is 5.34. The zero-order chi connectivity index (χ0) is 20.5. The van der Waals surface area contributed by atoms with Gasteiger partial charge in [-0.3, -0.25) is 4.79 Å². The van der Waals surface area contributed by atoms with Crippen molar-refractivity contribution < 1.29 is 9.21 Å². The third kappa shape index (κ3) is 4.16. The van der Waals surface area contributed by atoms with Gasteiger partial charge >= 0.3 is 0 Å². The van der Waals surface area contributed by atoms with E-state index in [1.54, 1.807) is 6.07 Å². The first-order chi connectivity index (χ1) is 13.9. The summed E-state index contributed by atoms with van der Waals surface area (Å²) in [5.74, 6) is 1.33. The van der Waals surface area contributed by atoms with Gasteiger partial charge in [-0.1, -0.05) is 35.5 Å². The lowest BCUT2D eigenvalue weighted by Gasteiger charge is -2.09. The second kappa shape index (κ2) is 7.93. The number of thioether (sulfide) groups is 1. The van der Waals surface area contributed by atoms with E-state index in [2.05, 4.69) is 15.5 Å². The van der Waals surface area contributed by atoms with Crippen LogP contribution in [0.5, 0.6) is 0 Å². The number of carbonyl (C=O) groups is 1. The van der Waals surface area contributed by atoms with E-state index < -0.39 is 0 Å². The van der Waals surface area contributed by atoms with E-state index in [9.17, 15) is 4.79 Å². The molecule has 0 unspecified atom stereocenters. The van der Waals surface area contributed by atoms with Crippen LogP contribution < -0.4 is 5.32 Å². The molecular weight excluding hydrogens is 408 g/mol. The number of hydrogen-bond acceptors (Lipinski definition) is 5. The Morgan fingerprint density at radius 1 is 1.17 bits per heavy atom. The molecule has 0 saturated carbocycles. The van der Waals surface area contributed by atoms with Gasteiger partial charge in [-0.05, 0) is 55.3 Å². The molecule has 1 N–H and O–H groups in total. The van der Waals surface area contributed by atoms with Gasteiger partial charge < -0.3 is 14.3 Å². The van der Waals surface area contributed by atoms with Gasteiger partial charge in [0.1, 0.15) is 5.58 Å². The van der Waals surface area contributed by atoms with Crippen LogP contribution in [-0.4, -0.2) is 26.4 Å². The number of hydrogen-bond donors (Lipinski definition) is 1. The summed E-state index contributed by atoms with van der Waals surface area (Å²) in [7, 11) is 1.85. The van der Waals surface area contributed by atoms with Crippen LogP contribution in [-0.2, 0) is 11.8 Å². The standard InChI is InChI=1S/C21H19ClN4O2S/c1-12-4-5-13(2)16(8-12)23-19(27)11-29-21-25-24-20(26(21)3)18-10-14-9-15(22)6-7-17(14)28-18/h4-10H,11H2,1-3H3,(H,23,27). The van der Waals surface area contributed by atoms with E-state index >= 15 is 0 Å². The number of anilines is 1. The molecule has 0 atom stereocenters. The molecule has 0 fully saturated rings. The lowest BCUT2D eigenvalue weighted by atomic mass is 10.1. The minimum Gasteiger partial charge on any atom is -0.453 e. The van der Waals surface area contributed by atoms with E-state index in [1.165, 1.54) is 11.8 Å². The SMILES string of the molecule is Cc1ccc(C)c(NC(=O)CSc2nnc(-c3cc4cc(Cl)ccc4o3)n2C)c1. The first kappa shape index (κ1) is 19.5. The molecule has 0 bridgehead atoms. The number of aryl methyl sites for hydroxylation is 2. The van der Waals surface area contributed by atoms with Crippen LogP contribution in [0.4, 0.5) is 5.69 Å². The number of nitrogens with one attached hydrogen (secondary N) is 1. The van der Waals surface area contributed by atoms with Crippen molar-refractivity contribution in [1.29, 1.82) is 0 Å². The van der Waals surface area contributed by atoms with Gasteiger partial charge in [-0.25, -0.2) is 0 Å². The summed E-state index contributed by atoms with van der Waals surface area (Å²) in [6.07, 6.45) is 0. The van der Waals surface area contributed by atoms with E-state index in [0.717, 1.165) is 27.8 Å². The predicted octanol–water partition coefficient (Wildman–Crippen LogP) is 5.23. The highest BCUT2D eigenvalue weighted by Crippen LogP contribution is 2.30. The highest BCUT2D eigenvalue weighted by Gasteiger charge is 2.17. The van der Waals surface area contributed by atoms with Crippen molar-refractivity contribution in [2.24, 2.45) is 7.05 Å². The smallest absolute Gasteiger partial charge is 0.234 e. The van der Waals surface area contributed by atoms with Crippen molar-refractivity contribution in [2.45, 2.75) is 19.0 Å². The minimum atomic E-state index is -0.0911. The van der Waals surface area contributed by atoms with Crippen LogP contribution in [0.25, 0.3) is 22.6 Å². The molecule has 6 nitrogen and oxygen atoms in total. The molecule has 2 heterocycles. The molecule has 1 amide bonds. The second-order valence-electron chi connectivity index (χ2n) is 6.81. The molecule has 4 aromatic rings. The molecule has 4 rings (SSSR count). The Labute approximate surface area is 177 Å². The van der Waals surface area contributed by atoms with Crippen molar-refractivity contribution in [3.63, 3.8) is 0 Å². The molecule has 2 aromatic heterocycles. The normalized spacial score (nSPS) is 11.2. The molecule has 0 aliphatic heterocycles. The lowest BCUT2D eigenvalue weighted by Crippen LogP contribution is -2.15. The average molecular weight is 427 g/mol. The van der Waals surface area contributed by atoms with Gasteiger partial charge in [0.05, 0.1) is 5.75 Å². The van der Waals surface area contributed by atoms with E-state index in [0.29, 0.717) is 21.8 Å². The molecular formula is C21H19ClN4O2S. The number of aromatic nitrogens is 3. The highest BCUT2D eigenvalue weighted by molar-refractivity contribution is 7.99. The van der Waals surface area contributed by atoms with Crippen LogP contribution >= 0.6 is 23.4 Å².